The molecular formula is C8H11NO2. The highest BCUT2D eigenvalue weighted by atomic mass is 16.4. The van der Waals surface area contributed by atoms with Crippen LogP contribution in [-0.4, -0.2) is 23.7 Å². The number of aliphatic carboxylic acids is 1. The Hall–Kier alpha value is -1.27. The number of carboxylic acid groups (broad SMARTS) is 1. The molecule has 60 valence electrons. The van der Waals surface area contributed by atoms with Gasteiger partial charge < -0.3 is 10.4 Å². The van der Waals surface area contributed by atoms with E-state index in [1.165, 1.54) is 6.08 Å². The van der Waals surface area contributed by atoms with E-state index in [2.05, 4.69) is 11.2 Å². The van der Waals surface area contributed by atoms with Gasteiger partial charge in [-0.25, -0.2) is 4.79 Å². The molecule has 0 radical (unpaired) electrons. The maximum absolute atomic E-state index is 9.96. The second-order valence-corrected chi connectivity index (χ2v) is 2.04. The normalized spacial score (nSPS) is 12.7. The molecule has 1 atom stereocenters. The second kappa shape index (κ2) is 5.51. The quantitative estimate of drug-likeness (QED) is 0.449. The van der Waals surface area contributed by atoms with Crippen molar-refractivity contribution in [2.75, 3.05) is 6.54 Å². The first-order valence-corrected chi connectivity index (χ1v) is 3.25. The van der Waals surface area contributed by atoms with Gasteiger partial charge in [-0.2, -0.15) is 0 Å². The number of terminal acetylenes is 1. The Kier molecular flexibility index (Phi) is 4.87. The summed E-state index contributed by atoms with van der Waals surface area (Å²) >= 11 is 0. The zero-order valence-electron chi connectivity index (χ0n) is 6.37. The van der Waals surface area contributed by atoms with Crippen LogP contribution in [0.1, 0.15) is 6.92 Å². The highest BCUT2D eigenvalue weighted by Gasteiger charge is 1.90. The van der Waals surface area contributed by atoms with Crippen molar-refractivity contribution < 1.29 is 9.90 Å². The zero-order chi connectivity index (χ0) is 8.69. The van der Waals surface area contributed by atoms with E-state index in [-0.39, 0.29) is 6.04 Å². The summed E-state index contributed by atoms with van der Waals surface area (Å²) in [6.07, 6.45) is 7.65. The molecule has 0 aliphatic heterocycles. The number of carboxylic acids is 1. The molecule has 0 aliphatic carbocycles. The van der Waals surface area contributed by atoms with Gasteiger partial charge in [-0.05, 0) is 6.92 Å². The smallest absolute Gasteiger partial charge is 0.328 e. The molecule has 1 unspecified atom stereocenters. The fourth-order valence-electron chi connectivity index (χ4n) is 0.463. The molecule has 0 spiro atoms. The van der Waals surface area contributed by atoms with Gasteiger partial charge in [0.1, 0.15) is 0 Å². The molecule has 11 heavy (non-hydrogen) atoms. The minimum absolute atomic E-state index is 0.0200. The van der Waals surface area contributed by atoms with E-state index >= 15 is 0 Å². The molecule has 3 heteroatoms. The lowest BCUT2D eigenvalue weighted by Gasteiger charge is -2.01. The van der Waals surface area contributed by atoms with Gasteiger partial charge in [-0.3, -0.25) is 0 Å². The van der Waals surface area contributed by atoms with Crippen molar-refractivity contribution >= 4 is 5.97 Å². The summed E-state index contributed by atoms with van der Waals surface area (Å²) in [7, 11) is 0. The maximum atomic E-state index is 9.96. The molecule has 0 heterocycles. The van der Waals surface area contributed by atoms with Crippen LogP contribution in [0.25, 0.3) is 0 Å². The van der Waals surface area contributed by atoms with Crippen LogP contribution >= 0.6 is 0 Å². The summed E-state index contributed by atoms with van der Waals surface area (Å²) in [4.78, 5) is 9.96. The average Bonchev–Trinajstić information content (AvgIpc) is 1.97. The summed E-state index contributed by atoms with van der Waals surface area (Å²) in [5, 5.41) is 11.1. The van der Waals surface area contributed by atoms with Gasteiger partial charge in [0.2, 0.25) is 0 Å². The second-order valence-electron chi connectivity index (χ2n) is 2.04. The van der Waals surface area contributed by atoms with E-state index in [0.717, 1.165) is 6.08 Å². The van der Waals surface area contributed by atoms with E-state index in [1.54, 1.807) is 0 Å². The fraction of sp³-hybridized carbons (Fsp3) is 0.375. The predicted octanol–water partition coefficient (Wildman–Crippen LogP) is 0.238. The molecule has 0 bridgehead atoms. The first-order valence-electron chi connectivity index (χ1n) is 3.25. The molecule has 0 aromatic carbocycles. The minimum atomic E-state index is -0.944. The molecule has 0 aromatic rings. The van der Waals surface area contributed by atoms with Crippen molar-refractivity contribution in [3.8, 4) is 12.3 Å². The summed E-state index contributed by atoms with van der Waals surface area (Å²) in [5.74, 6) is 1.52. The highest BCUT2D eigenvalue weighted by molar-refractivity contribution is 5.79. The number of nitrogens with one attached hydrogen (secondary N) is 1. The number of hydrogen-bond acceptors (Lipinski definition) is 2. The first kappa shape index (κ1) is 9.73. The molecule has 2 N–H and O–H groups in total. The van der Waals surface area contributed by atoms with Gasteiger partial charge in [-0.1, -0.05) is 12.0 Å². The van der Waals surface area contributed by atoms with E-state index in [0.29, 0.717) is 6.54 Å². The van der Waals surface area contributed by atoms with Crippen molar-refractivity contribution in [1.82, 2.24) is 5.32 Å². The Labute approximate surface area is 66.1 Å². The van der Waals surface area contributed by atoms with Crippen LogP contribution in [0, 0.1) is 12.3 Å². The van der Waals surface area contributed by atoms with Gasteiger partial charge in [0.15, 0.2) is 0 Å². The molecule has 0 amide bonds. The van der Waals surface area contributed by atoms with Gasteiger partial charge >= 0.3 is 5.97 Å². The fourth-order valence-corrected chi connectivity index (χ4v) is 0.463. The molecule has 0 saturated heterocycles. The summed E-state index contributed by atoms with van der Waals surface area (Å²) in [5.41, 5.74) is 0. The molecule has 0 aliphatic rings. The largest absolute Gasteiger partial charge is 0.478 e. The Morgan fingerprint density at radius 1 is 1.91 bits per heavy atom. The third-order valence-corrected chi connectivity index (χ3v) is 1.05. The highest BCUT2D eigenvalue weighted by Crippen LogP contribution is 1.76. The van der Waals surface area contributed by atoms with E-state index in [1.807, 2.05) is 6.92 Å². The van der Waals surface area contributed by atoms with Crippen LogP contribution in [0.5, 0.6) is 0 Å². The standard InChI is InChI=1S/C8H11NO2/c1-3-7(2)9-6-4-5-8(10)11/h1,4-5,7,9H,6H2,2H3,(H,10,11)/b5-4+. The lowest BCUT2D eigenvalue weighted by molar-refractivity contribution is -0.131. The van der Waals surface area contributed by atoms with Gasteiger partial charge in [-0.15, -0.1) is 6.42 Å². The van der Waals surface area contributed by atoms with Crippen LogP contribution in [-0.2, 0) is 4.79 Å². The van der Waals surface area contributed by atoms with Crippen LogP contribution in [0.3, 0.4) is 0 Å². The minimum Gasteiger partial charge on any atom is -0.478 e. The Morgan fingerprint density at radius 3 is 3.00 bits per heavy atom. The topological polar surface area (TPSA) is 49.3 Å². The molecule has 0 rings (SSSR count). The Morgan fingerprint density at radius 2 is 2.55 bits per heavy atom. The van der Waals surface area contributed by atoms with Crippen molar-refractivity contribution in [2.24, 2.45) is 0 Å². The van der Waals surface area contributed by atoms with E-state index in [4.69, 9.17) is 11.5 Å². The molecule has 0 fully saturated rings. The van der Waals surface area contributed by atoms with Crippen molar-refractivity contribution in [3.63, 3.8) is 0 Å². The molecule has 0 saturated carbocycles. The van der Waals surface area contributed by atoms with Crippen LogP contribution in [0.15, 0.2) is 12.2 Å². The van der Waals surface area contributed by atoms with Crippen molar-refractivity contribution in [1.29, 1.82) is 0 Å². The van der Waals surface area contributed by atoms with Crippen molar-refractivity contribution in [2.45, 2.75) is 13.0 Å². The van der Waals surface area contributed by atoms with Crippen LogP contribution in [0.4, 0.5) is 0 Å². The monoisotopic (exact) mass is 153 g/mol. The van der Waals surface area contributed by atoms with E-state index in [9.17, 15) is 4.79 Å². The SMILES string of the molecule is C#CC(C)NC/C=C/C(=O)O. The third kappa shape index (κ3) is 6.62. The Balaban J connectivity index is 3.43. The van der Waals surface area contributed by atoms with Crippen LogP contribution in [0.2, 0.25) is 0 Å². The Bertz CT molecular complexity index is 191. The third-order valence-electron chi connectivity index (χ3n) is 1.05. The van der Waals surface area contributed by atoms with Gasteiger partial charge in [0, 0.05) is 12.6 Å². The summed E-state index contributed by atoms with van der Waals surface area (Å²) < 4.78 is 0. The van der Waals surface area contributed by atoms with Crippen LogP contribution < -0.4 is 5.32 Å². The van der Waals surface area contributed by atoms with E-state index < -0.39 is 5.97 Å². The summed E-state index contributed by atoms with van der Waals surface area (Å²) in [6, 6.07) is -0.0200. The lowest BCUT2D eigenvalue weighted by Crippen LogP contribution is -2.24. The summed E-state index contributed by atoms with van der Waals surface area (Å²) in [6.45, 7) is 2.31. The molecule has 0 aromatic heterocycles. The molecular weight excluding hydrogens is 142 g/mol. The number of carbonyl (C=O) groups is 1. The first-order chi connectivity index (χ1) is 5.16. The number of hydrogen-bond donors (Lipinski definition) is 2. The van der Waals surface area contributed by atoms with Crippen molar-refractivity contribution in [3.05, 3.63) is 12.2 Å². The number of rotatable bonds is 4. The zero-order valence-corrected chi connectivity index (χ0v) is 6.37. The molecule has 3 nitrogen and oxygen atoms in total. The van der Waals surface area contributed by atoms with Gasteiger partial charge in [0.05, 0.1) is 6.04 Å². The lowest BCUT2D eigenvalue weighted by atomic mass is 10.3. The average molecular weight is 153 g/mol. The predicted molar refractivity (Wildman–Crippen MR) is 43.1 cm³/mol. The maximum Gasteiger partial charge on any atom is 0.328 e. The van der Waals surface area contributed by atoms with Gasteiger partial charge in [0.25, 0.3) is 0 Å².